The van der Waals surface area contributed by atoms with E-state index in [1.807, 2.05) is 0 Å². The summed E-state index contributed by atoms with van der Waals surface area (Å²) >= 11 is 0. The lowest BCUT2D eigenvalue weighted by Crippen LogP contribution is -2.33. The van der Waals surface area contributed by atoms with Gasteiger partial charge in [0.2, 0.25) is 0 Å². The molecule has 3 heteroatoms. The predicted octanol–water partition coefficient (Wildman–Crippen LogP) is 0.479. The molecule has 0 radical (unpaired) electrons. The number of carbonyl (C=O) groups is 1. The van der Waals surface area contributed by atoms with Gasteiger partial charge in [0, 0.05) is 30.9 Å². The Kier molecular flexibility index (Phi) is 2.12. The fraction of sp³-hybridized carbons (Fsp3) is 0.700. The largest absolute Gasteiger partial charge is 0.373 e. The second kappa shape index (κ2) is 3.14. The molecule has 0 aromatic carbocycles. The second-order valence-electron chi connectivity index (χ2n) is 4.13. The van der Waals surface area contributed by atoms with Crippen molar-refractivity contribution in [1.29, 1.82) is 0 Å². The molecule has 1 atom stereocenters. The maximum atomic E-state index is 10.8. The van der Waals surface area contributed by atoms with Crippen molar-refractivity contribution in [3.05, 3.63) is 11.8 Å². The SMILES string of the molecule is CN(C)C1CCN(C2=CC(=O)C2)C1. The molecule has 1 heterocycles. The minimum Gasteiger partial charge on any atom is -0.373 e. The lowest BCUT2D eigenvalue weighted by molar-refractivity contribution is -0.116. The molecule has 1 saturated heterocycles. The first-order valence-corrected chi connectivity index (χ1v) is 4.81. The van der Waals surface area contributed by atoms with Gasteiger partial charge in [-0.2, -0.15) is 0 Å². The van der Waals surface area contributed by atoms with Crippen molar-refractivity contribution in [2.45, 2.75) is 18.9 Å². The summed E-state index contributed by atoms with van der Waals surface area (Å²) in [6, 6.07) is 0.664. The molecule has 1 aliphatic heterocycles. The smallest absolute Gasteiger partial charge is 0.163 e. The van der Waals surface area contributed by atoms with Gasteiger partial charge in [0.05, 0.1) is 6.42 Å². The van der Waals surface area contributed by atoms with Crippen molar-refractivity contribution < 1.29 is 4.79 Å². The monoisotopic (exact) mass is 180 g/mol. The molecule has 0 aromatic rings. The molecule has 2 aliphatic rings. The summed E-state index contributed by atoms with van der Waals surface area (Å²) in [7, 11) is 4.24. The Morgan fingerprint density at radius 1 is 1.54 bits per heavy atom. The third-order valence-electron chi connectivity index (χ3n) is 2.98. The third-order valence-corrected chi connectivity index (χ3v) is 2.98. The number of nitrogens with zero attached hydrogens (tertiary/aromatic N) is 2. The molecule has 0 saturated carbocycles. The fourth-order valence-corrected chi connectivity index (χ4v) is 1.96. The number of likely N-dealkylation sites (tertiary alicyclic amines) is 1. The van der Waals surface area contributed by atoms with Crippen LogP contribution in [0.15, 0.2) is 11.8 Å². The lowest BCUT2D eigenvalue weighted by atomic mass is 10.0. The normalized spacial score (nSPS) is 27.9. The van der Waals surface area contributed by atoms with E-state index < -0.39 is 0 Å². The van der Waals surface area contributed by atoms with Crippen LogP contribution in [0, 0.1) is 0 Å². The third kappa shape index (κ3) is 1.61. The van der Waals surface area contributed by atoms with Crippen LogP contribution in [0.5, 0.6) is 0 Å². The predicted molar refractivity (Wildman–Crippen MR) is 51.4 cm³/mol. The van der Waals surface area contributed by atoms with Crippen LogP contribution in [0.4, 0.5) is 0 Å². The highest BCUT2D eigenvalue weighted by Gasteiger charge is 2.29. The summed E-state index contributed by atoms with van der Waals surface area (Å²) in [5, 5.41) is 0. The van der Waals surface area contributed by atoms with Crippen LogP contribution in [-0.4, -0.2) is 48.8 Å². The van der Waals surface area contributed by atoms with E-state index in [0.29, 0.717) is 12.5 Å². The quantitative estimate of drug-likeness (QED) is 0.617. The molecule has 72 valence electrons. The maximum Gasteiger partial charge on any atom is 0.163 e. The summed E-state index contributed by atoms with van der Waals surface area (Å²) in [6.45, 7) is 2.20. The van der Waals surface area contributed by atoms with Crippen LogP contribution >= 0.6 is 0 Å². The van der Waals surface area contributed by atoms with Crippen molar-refractivity contribution in [3.8, 4) is 0 Å². The zero-order valence-corrected chi connectivity index (χ0v) is 8.29. The Morgan fingerprint density at radius 3 is 2.69 bits per heavy atom. The summed E-state index contributed by atoms with van der Waals surface area (Å²) in [5.74, 6) is 0.281. The molecule has 0 N–H and O–H groups in total. The zero-order valence-electron chi connectivity index (χ0n) is 8.29. The van der Waals surface area contributed by atoms with Crippen LogP contribution < -0.4 is 0 Å². The van der Waals surface area contributed by atoms with E-state index in [1.165, 1.54) is 12.1 Å². The number of hydrogen-bond acceptors (Lipinski definition) is 3. The maximum absolute atomic E-state index is 10.8. The van der Waals surface area contributed by atoms with E-state index in [1.54, 1.807) is 6.08 Å². The van der Waals surface area contributed by atoms with Gasteiger partial charge in [-0.3, -0.25) is 4.79 Å². The van der Waals surface area contributed by atoms with Gasteiger partial charge in [0.25, 0.3) is 0 Å². The highest BCUT2D eigenvalue weighted by molar-refractivity contribution is 5.98. The summed E-state index contributed by atoms with van der Waals surface area (Å²) in [4.78, 5) is 15.4. The molecule has 13 heavy (non-hydrogen) atoms. The first-order valence-electron chi connectivity index (χ1n) is 4.81. The van der Waals surface area contributed by atoms with Gasteiger partial charge in [-0.15, -0.1) is 0 Å². The first-order chi connectivity index (χ1) is 6.16. The lowest BCUT2D eigenvalue weighted by Gasteiger charge is -2.27. The number of ketones is 1. The molecular formula is C10H16N2O. The number of rotatable bonds is 2. The Balaban J connectivity index is 1.92. The molecule has 0 amide bonds. The first kappa shape index (κ1) is 8.75. The van der Waals surface area contributed by atoms with E-state index in [-0.39, 0.29) is 5.78 Å². The van der Waals surface area contributed by atoms with E-state index in [4.69, 9.17) is 0 Å². The Morgan fingerprint density at radius 2 is 2.23 bits per heavy atom. The van der Waals surface area contributed by atoms with Gasteiger partial charge in [-0.25, -0.2) is 0 Å². The van der Waals surface area contributed by atoms with Gasteiger partial charge < -0.3 is 9.80 Å². The molecule has 0 bridgehead atoms. The average molecular weight is 180 g/mol. The van der Waals surface area contributed by atoms with Gasteiger partial charge in [-0.1, -0.05) is 0 Å². The Labute approximate surface area is 79.0 Å². The minimum absolute atomic E-state index is 0.281. The standard InChI is InChI=1S/C10H16N2O/c1-11(2)8-3-4-12(7-8)9-5-10(13)6-9/h5,8H,3-4,6-7H2,1-2H3. The highest BCUT2D eigenvalue weighted by Crippen LogP contribution is 2.25. The number of carbonyl (C=O) groups excluding carboxylic acids is 1. The molecule has 1 aliphatic carbocycles. The van der Waals surface area contributed by atoms with E-state index in [0.717, 1.165) is 13.1 Å². The molecule has 1 fully saturated rings. The van der Waals surface area contributed by atoms with Crippen LogP contribution in [-0.2, 0) is 4.79 Å². The molecule has 1 unspecified atom stereocenters. The minimum atomic E-state index is 0.281. The summed E-state index contributed by atoms with van der Waals surface area (Å²) < 4.78 is 0. The molecule has 3 nitrogen and oxygen atoms in total. The van der Waals surface area contributed by atoms with Gasteiger partial charge in [0.1, 0.15) is 0 Å². The van der Waals surface area contributed by atoms with Gasteiger partial charge in [-0.05, 0) is 20.5 Å². The number of allylic oxidation sites excluding steroid dienone is 2. The van der Waals surface area contributed by atoms with Crippen LogP contribution in [0.1, 0.15) is 12.8 Å². The summed E-state index contributed by atoms with van der Waals surface area (Å²) in [5.41, 5.74) is 1.24. The topological polar surface area (TPSA) is 23.6 Å². The van der Waals surface area contributed by atoms with Crippen molar-refractivity contribution in [3.63, 3.8) is 0 Å². The van der Waals surface area contributed by atoms with Crippen molar-refractivity contribution in [2.75, 3.05) is 27.2 Å². The molecule has 2 rings (SSSR count). The second-order valence-corrected chi connectivity index (χ2v) is 4.13. The van der Waals surface area contributed by atoms with E-state index in [9.17, 15) is 4.79 Å². The summed E-state index contributed by atoms with van der Waals surface area (Å²) in [6.07, 6.45) is 3.66. The van der Waals surface area contributed by atoms with Gasteiger partial charge >= 0.3 is 0 Å². The number of hydrogen-bond donors (Lipinski definition) is 0. The highest BCUT2D eigenvalue weighted by atomic mass is 16.1. The van der Waals surface area contributed by atoms with Crippen LogP contribution in [0.25, 0.3) is 0 Å². The molecular weight excluding hydrogens is 164 g/mol. The fourth-order valence-electron chi connectivity index (χ4n) is 1.96. The van der Waals surface area contributed by atoms with E-state index >= 15 is 0 Å². The van der Waals surface area contributed by atoms with Crippen molar-refractivity contribution in [2.24, 2.45) is 0 Å². The average Bonchev–Trinajstić information content (AvgIpc) is 2.46. The van der Waals surface area contributed by atoms with Crippen molar-refractivity contribution >= 4 is 5.78 Å². The zero-order chi connectivity index (χ0) is 9.42. The Hall–Kier alpha value is -0.830. The van der Waals surface area contributed by atoms with Crippen molar-refractivity contribution in [1.82, 2.24) is 9.80 Å². The Bertz CT molecular complexity index is 258. The van der Waals surface area contributed by atoms with Gasteiger partial charge in [0.15, 0.2) is 5.78 Å². The van der Waals surface area contributed by atoms with Crippen LogP contribution in [0.2, 0.25) is 0 Å². The molecule has 0 spiro atoms. The number of likely N-dealkylation sites (N-methyl/N-ethyl adjacent to an activating group) is 1. The molecule has 0 aromatic heterocycles. The van der Waals surface area contributed by atoms with E-state index in [2.05, 4.69) is 23.9 Å². The van der Waals surface area contributed by atoms with Crippen LogP contribution in [0.3, 0.4) is 0 Å².